The molecule has 2 unspecified atom stereocenters. The van der Waals surface area contributed by atoms with Crippen molar-refractivity contribution in [2.45, 2.75) is 25.3 Å². The molecule has 0 saturated carbocycles. The van der Waals surface area contributed by atoms with E-state index in [2.05, 4.69) is 10.5 Å². The summed E-state index contributed by atoms with van der Waals surface area (Å²) in [5, 5.41) is 16.4. The maximum Gasteiger partial charge on any atom is 0.308 e. The largest absolute Gasteiger partial charge is 0.481 e. The molecule has 0 radical (unpaired) electrons. The van der Waals surface area contributed by atoms with Gasteiger partial charge >= 0.3 is 5.97 Å². The molecule has 37 heavy (non-hydrogen) atoms. The van der Waals surface area contributed by atoms with E-state index in [1.807, 2.05) is 54.6 Å². The van der Waals surface area contributed by atoms with Crippen molar-refractivity contribution in [3.8, 4) is 11.3 Å². The topological polar surface area (TPSA) is 126 Å². The number of aryl methyl sites for hydroxylation is 1. The molecule has 8 nitrogen and oxygen atoms in total. The number of hydrogen-bond donors (Lipinski definition) is 2. The summed E-state index contributed by atoms with van der Waals surface area (Å²) in [5.41, 5.74) is 3.12. The lowest BCUT2D eigenvalue weighted by Gasteiger charge is -2.18. The van der Waals surface area contributed by atoms with Gasteiger partial charge in [0.1, 0.15) is 17.4 Å². The van der Waals surface area contributed by atoms with Crippen molar-refractivity contribution < 1.29 is 23.9 Å². The van der Waals surface area contributed by atoms with Gasteiger partial charge in [0.15, 0.2) is 6.29 Å². The van der Waals surface area contributed by atoms with Crippen LogP contribution in [-0.4, -0.2) is 35.9 Å². The number of nitrogens with zero attached hydrogens (tertiary/aromatic N) is 1. The number of furan rings is 1. The average Bonchev–Trinajstić information content (AvgIpc) is 3.36. The van der Waals surface area contributed by atoms with E-state index in [9.17, 15) is 24.4 Å². The Balaban J connectivity index is 1.34. The van der Waals surface area contributed by atoms with Crippen LogP contribution in [0.3, 0.4) is 0 Å². The molecule has 1 heterocycles. The third-order valence-corrected chi connectivity index (χ3v) is 6.38. The summed E-state index contributed by atoms with van der Waals surface area (Å²) in [5.74, 6) is -1.92. The summed E-state index contributed by atoms with van der Waals surface area (Å²) in [7, 11) is 0. The number of benzene rings is 3. The zero-order valence-corrected chi connectivity index (χ0v) is 20.0. The minimum absolute atomic E-state index is 0.0290. The van der Waals surface area contributed by atoms with Gasteiger partial charge in [-0.3, -0.25) is 14.4 Å². The van der Waals surface area contributed by atoms with Gasteiger partial charge in [0.05, 0.1) is 5.92 Å². The predicted octanol–water partition coefficient (Wildman–Crippen LogP) is 5.50. The average molecular weight is 499 g/mol. The number of carboxylic acids is 1. The lowest BCUT2D eigenvalue weighted by molar-refractivity contribution is -0.142. The molecule has 0 fully saturated rings. The quantitative estimate of drug-likeness (QED) is 0.196. The summed E-state index contributed by atoms with van der Waals surface area (Å²) < 4.78 is 5.89. The van der Waals surface area contributed by atoms with Gasteiger partial charge < -0.3 is 14.8 Å². The monoisotopic (exact) mass is 498 g/mol. The fourth-order valence-corrected chi connectivity index (χ4v) is 4.33. The van der Waals surface area contributed by atoms with Crippen LogP contribution >= 0.6 is 0 Å². The number of aliphatic carboxylic acids is 1. The van der Waals surface area contributed by atoms with Gasteiger partial charge in [0.2, 0.25) is 0 Å². The maximum absolute atomic E-state index is 12.4. The number of aldehydes is 1. The van der Waals surface area contributed by atoms with Crippen LogP contribution in [0.5, 0.6) is 0 Å². The fraction of sp³-hybridized carbons (Fsp3) is 0.207. The van der Waals surface area contributed by atoms with Gasteiger partial charge in [-0.15, -0.1) is 0 Å². The van der Waals surface area contributed by atoms with Crippen molar-refractivity contribution in [3.63, 3.8) is 0 Å². The first kappa shape index (κ1) is 25.5. The highest BCUT2D eigenvalue weighted by Gasteiger charge is 2.29. The summed E-state index contributed by atoms with van der Waals surface area (Å²) in [4.78, 5) is 46.9. The Hall–Kier alpha value is -4.59. The molecule has 0 spiro atoms. The van der Waals surface area contributed by atoms with Crippen molar-refractivity contribution in [2.75, 3.05) is 6.54 Å². The van der Waals surface area contributed by atoms with E-state index >= 15 is 0 Å². The number of fused-ring (bicyclic) bond motifs is 1. The number of carbonyl (C=O) groups is 3. The van der Waals surface area contributed by atoms with Crippen LogP contribution in [0.25, 0.3) is 22.3 Å². The highest BCUT2D eigenvalue weighted by molar-refractivity contribution is 6.01. The lowest BCUT2D eigenvalue weighted by Crippen LogP contribution is -2.33. The number of nitrogens with one attached hydrogen (secondary N) is 1. The van der Waals surface area contributed by atoms with Crippen molar-refractivity contribution >= 4 is 29.1 Å². The molecule has 1 aromatic heterocycles. The molecule has 0 aliphatic rings. The second-order valence-electron chi connectivity index (χ2n) is 8.75. The maximum atomic E-state index is 12.4. The number of carbonyl (C=O) groups excluding carboxylic acids is 2. The fourth-order valence-electron chi connectivity index (χ4n) is 4.33. The molecule has 1 amide bonds. The van der Waals surface area contributed by atoms with Gasteiger partial charge in [-0.05, 0) is 43.0 Å². The Morgan fingerprint density at radius 2 is 1.70 bits per heavy atom. The second kappa shape index (κ2) is 11.9. The van der Waals surface area contributed by atoms with Gasteiger partial charge in [0.25, 0.3) is 5.91 Å². The van der Waals surface area contributed by atoms with E-state index < -0.39 is 23.8 Å². The smallest absolute Gasteiger partial charge is 0.308 e. The Kier molecular flexibility index (Phi) is 8.20. The molecule has 0 bridgehead atoms. The Morgan fingerprint density at radius 3 is 2.41 bits per heavy atom. The third kappa shape index (κ3) is 6.16. The molecule has 0 aliphatic heterocycles. The summed E-state index contributed by atoms with van der Waals surface area (Å²) in [6, 6.07) is 22.8. The van der Waals surface area contributed by atoms with Crippen LogP contribution in [0, 0.1) is 10.8 Å². The van der Waals surface area contributed by atoms with E-state index in [1.165, 1.54) is 12.1 Å². The molecular weight excluding hydrogens is 472 g/mol. The minimum atomic E-state index is -1.15. The van der Waals surface area contributed by atoms with Crippen molar-refractivity contribution in [3.05, 3.63) is 100 Å². The van der Waals surface area contributed by atoms with Gasteiger partial charge in [-0.1, -0.05) is 65.8 Å². The van der Waals surface area contributed by atoms with Crippen LogP contribution in [-0.2, 0) is 11.2 Å². The van der Waals surface area contributed by atoms with Crippen molar-refractivity contribution in [2.24, 2.45) is 11.1 Å². The molecule has 4 rings (SSSR count). The van der Waals surface area contributed by atoms with E-state index in [0.29, 0.717) is 12.7 Å². The Bertz CT molecular complexity index is 1380. The SMILES string of the molecule is O=Cc1ccccc1C(=O)NCCC(C(=O)O)C(CCc1ccc(-c2cc3ccccc3o2)cc1)N=O. The van der Waals surface area contributed by atoms with E-state index in [-0.39, 0.29) is 30.5 Å². The molecule has 3 aromatic carbocycles. The second-order valence-corrected chi connectivity index (χ2v) is 8.75. The van der Waals surface area contributed by atoms with Crippen LogP contribution < -0.4 is 5.32 Å². The highest BCUT2D eigenvalue weighted by Crippen LogP contribution is 2.28. The zero-order valence-electron chi connectivity index (χ0n) is 20.0. The summed E-state index contributed by atoms with van der Waals surface area (Å²) >= 11 is 0. The summed E-state index contributed by atoms with van der Waals surface area (Å²) in [6.07, 6.45) is 1.35. The van der Waals surface area contributed by atoms with E-state index in [4.69, 9.17) is 4.42 Å². The summed E-state index contributed by atoms with van der Waals surface area (Å²) in [6.45, 7) is 0.0290. The van der Waals surface area contributed by atoms with E-state index in [0.717, 1.165) is 27.9 Å². The first-order chi connectivity index (χ1) is 18.0. The van der Waals surface area contributed by atoms with Crippen molar-refractivity contribution in [1.82, 2.24) is 5.32 Å². The van der Waals surface area contributed by atoms with Crippen molar-refractivity contribution in [1.29, 1.82) is 0 Å². The van der Waals surface area contributed by atoms with Gasteiger partial charge in [-0.25, -0.2) is 0 Å². The first-order valence-electron chi connectivity index (χ1n) is 12.0. The molecule has 2 atom stereocenters. The van der Waals surface area contributed by atoms with Crippen LogP contribution in [0.4, 0.5) is 0 Å². The van der Waals surface area contributed by atoms with E-state index in [1.54, 1.807) is 12.1 Å². The van der Waals surface area contributed by atoms with Crippen LogP contribution in [0.1, 0.15) is 39.1 Å². The first-order valence-corrected chi connectivity index (χ1v) is 12.0. The number of para-hydroxylation sites is 1. The molecule has 188 valence electrons. The molecule has 8 heteroatoms. The molecule has 0 saturated heterocycles. The molecule has 4 aromatic rings. The number of carboxylic acid groups (broad SMARTS) is 1. The standard InChI is InChI=1S/C29H26N2O6/c32-18-22-6-1-3-7-23(22)28(33)30-16-15-24(29(34)35)25(31-36)14-11-19-9-12-20(13-10-19)27-17-21-5-2-4-8-26(21)37-27/h1-10,12-13,17-18,24-25H,11,14-16H2,(H,30,33)(H,34,35). The lowest BCUT2D eigenvalue weighted by atomic mass is 9.91. The highest BCUT2D eigenvalue weighted by atomic mass is 16.4. The predicted molar refractivity (Wildman–Crippen MR) is 139 cm³/mol. The number of nitroso groups, excluding NO2 is 1. The van der Waals surface area contributed by atoms with Gasteiger partial charge in [0, 0.05) is 28.6 Å². The molecule has 0 aliphatic carbocycles. The molecular formula is C29H26N2O6. The number of rotatable bonds is 12. The van der Waals surface area contributed by atoms with Crippen LogP contribution in [0.15, 0.2) is 88.5 Å². The number of amides is 1. The zero-order chi connectivity index (χ0) is 26.2. The Morgan fingerprint density at radius 1 is 0.973 bits per heavy atom. The normalized spacial score (nSPS) is 12.5. The molecule has 2 N–H and O–H groups in total. The van der Waals surface area contributed by atoms with Gasteiger partial charge in [-0.2, -0.15) is 4.91 Å². The third-order valence-electron chi connectivity index (χ3n) is 6.38. The number of hydrogen-bond acceptors (Lipinski definition) is 6. The van der Waals surface area contributed by atoms with Crippen LogP contribution in [0.2, 0.25) is 0 Å². The minimum Gasteiger partial charge on any atom is -0.481 e. The Labute approximate surface area is 213 Å².